The number of oxazole rings is 1. The fraction of sp³-hybridized carbons (Fsp3) is 0. The lowest BCUT2D eigenvalue weighted by Crippen LogP contribution is -2.10. The molecule has 0 aliphatic rings. The quantitative estimate of drug-likeness (QED) is 0.172. The van der Waals surface area contributed by atoms with Crippen molar-refractivity contribution in [3.63, 3.8) is 0 Å². The van der Waals surface area contributed by atoms with Gasteiger partial charge in [-0.3, -0.25) is 0 Å². The van der Waals surface area contributed by atoms with E-state index in [1.807, 2.05) is 59.9 Å². The molecule has 3 aromatic heterocycles. The van der Waals surface area contributed by atoms with Crippen molar-refractivity contribution in [2.24, 2.45) is 0 Å². The number of hydrogen-bond donors (Lipinski definition) is 0. The number of aromatic nitrogens is 1. The van der Waals surface area contributed by atoms with Crippen LogP contribution in [0.4, 0.5) is 17.1 Å². The van der Waals surface area contributed by atoms with Gasteiger partial charge >= 0.3 is 0 Å². The van der Waals surface area contributed by atoms with Gasteiger partial charge in [0.25, 0.3) is 0 Å². The highest BCUT2D eigenvalue weighted by molar-refractivity contribution is 7.25. The maximum absolute atomic E-state index is 6.77. The Labute approximate surface area is 314 Å². The van der Waals surface area contributed by atoms with Crippen molar-refractivity contribution >= 4 is 81.6 Å². The van der Waals surface area contributed by atoms with Gasteiger partial charge < -0.3 is 13.7 Å². The van der Waals surface area contributed by atoms with Crippen molar-refractivity contribution in [1.29, 1.82) is 0 Å². The molecule has 4 nitrogen and oxygen atoms in total. The van der Waals surface area contributed by atoms with Crippen molar-refractivity contribution in [1.82, 2.24) is 4.98 Å². The molecule has 254 valence electrons. The third-order valence-corrected chi connectivity index (χ3v) is 11.5. The molecule has 0 saturated heterocycles. The van der Waals surface area contributed by atoms with E-state index in [1.54, 1.807) is 0 Å². The van der Waals surface area contributed by atoms with Crippen LogP contribution < -0.4 is 4.90 Å². The van der Waals surface area contributed by atoms with E-state index in [0.29, 0.717) is 5.89 Å². The summed E-state index contributed by atoms with van der Waals surface area (Å²) in [5.41, 5.74) is 11.7. The summed E-state index contributed by atoms with van der Waals surface area (Å²) in [6.45, 7) is 0. The molecule has 0 amide bonds. The highest BCUT2D eigenvalue weighted by atomic mass is 32.1. The molecule has 0 bridgehead atoms. The number of para-hydroxylation sites is 1. The molecule has 0 saturated carbocycles. The number of nitrogens with zero attached hydrogens (tertiary/aromatic N) is 2. The van der Waals surface area contributed by atoms with Gasteiger partial charge in [-0.2, -0.15) is 0 Å². The Bertz CT molecular complexity index is 3140. The summed E-state index contributed by atoms with van der Waals surface area (Å²) in [6, 6.07) is 63.8. The second-order valence-corrected chi connectivity index (χ2v) is 14.6. The summed E-state index contributed by atoms with van der Waals surface area (Å²) >= 11 is 1.85. The Balaban J connectivity index is 1.08. The van der Waals surface area contributed by atoms with Crippen LogP contribution in [0.5, 0.6) is 0 Å². The summed E-state index contributed by atoms with van der Waals surface area (Å²) in [4.78, 5) is 7.14. The van der Waals surface area contributed by atoms with Crippen molar-refractivity contribution in [3.05, 3.63) is 182 Å². The summed E-state index contributed by atoms with van der Waals surface area (Å²) in [5.74, 6) is 0.593. The van der Waals surface area contributed by atoms with Gasteiger partial charge in [0.2, 0.25) is 5.89 Å². The number of rotatable bonds is 6. The van der Waals surface area contributed by atoms with Crippen molar-refractivity contribution < 1.29 is 8.83 Å². The van der Waals surface area contributed by atoms with Crippen LogP contribution in [0.15, 0.2) is 191 Å². The van der Waals surface area contributed by atoms with Crippen LogP contribution in [0.1, 0.15) is 0 Å². The molecule has 11 rings (SSSR count). The second kappa shape index (κ2) is 12.3. The van der Waals surface area contributed by atoms with Gasteiger partial charge in [-0.1, -0.05) is 115 Å². The molecular formula is C49H30N2O2S. The van der Waals surface area contributed by atoms with Gasteiger partial charge in [-0.05, 0) is 89.0 Å². The van der Waals surface area contributed by atoms with Gasteiger partial charge in [0.15, 0.2) is 11.2 Å². The highest BCUT2D eigenvalue weighted by Gasteiger charge is 2.23. The minimum absolute atomic E-state index is 0.593. The molecule has 0 fully saturated rings. The average molecular weight is 711 g/mol. The van der Waals surface area contributed by atoms with Crippen LogP contribution >= 0.6 is 11.3 Å². The van der Waals surface area contributed by atoms with Crippen molar-refractivity contribution in [2.75, 3.05) is 4.90 Å². The lowest BCUT2D eigenvalue weighted by molar-refractivity contribution is 0.622. The lowest BCUT2D eigenvalue weighted by Gasteiger charge is -2.26. The van der Waals surface area contributed by atoms with Crippen LogP contribution in [0.2, 0.25) is 0 Å². The fourth-order valence-corrected chi connectivity index (χ4v) is 8.93. The van der Waals surface area contributed by atoms with Crippen molar-refractivity contribution in [3.8, 4) is 33.7 Å². The van der Waals surface area contributed by atoms with Crippen LogP contribution in [0.3, 0.4) is 0 Å². The number of hydrogen-bond acceptors (Lipinski definition) is 5. The summed E-state index contributed by atoms with van der Waals surface area (Å²) < 4.78 is 15.9. The molecule has 0 spiro atoms. The first-order valence-electron chi connectivity index (χ1n) is 18.0. The van der Waals surface area contributed by atoms with Gasteiger partial charge in [-0.25, -0.2) is 4.98 Å². The minimum Gasteiger partial charge on any atom is -0.454 e. The first kappa shape index (κ1) is 30.7. The SMILES string of the molecule is c1ccc(-c2ccc(N(c3ccc(-c4cccc5sc6ccccc6c45)cc3)c3cccc4c3oc3ccc5nc(-c6ccccc6)oc5c34)cc2)cc1. The predicted molar refractivity (Wildman–Crippen MR) is 225 cm³/mol. The maximum Gasteiger partial charge on any atom is 0.227 e. The fourth-order valence-electron chi connectivity index (χ4n) is 7.80. The molecular weight excluding hydrogens is 681 g/mol. The van der Waals surface area contributed by atoms with E-state index in [0.717, 1.165) is 61.2 Å². The molecule has 0 atom stereocenters. The molecule has 0 aliphatic carbocycles. The normalized spacial score (nSPS) is 11.7. The summed E-state index contributed by atoms with van der Waals surface area (Å²) in [5, 5.41) is 4.50. The van der Waals surface area contributed by atoms with Gasteiger partial charge in [0.1, 0.15) is 11.1 Å². The first-order valence-corrected chi connectivity index (χ1v) is 18.8. The van der Waals surface area contributed by atoms with E-state index < -0.39 is 0 Å². The molecule has 11 aromatic rings. The third-order valence-electron chi connectivity index (χ3n) is 10.3. The van der Waals surface area contributed by atoms with E-state index in [4.69, 9.17) is 13.8 Å². The van der Waals surface area contributed by atoms with Crippen LogP contribution in [-0.4, -0.2) is 4.98 Å². The van der Waals surface area contributed by atoms with Crippen LogP contribution in [0, 0.1) is 0 Å². The molecule has 5 heteroatoms. The van der Waals surface area contributed by atoms with E-state index in [2.05, 4.69) is 138 Å². The zero-order valence-corrected chi connectivity index (χ0v) is 29.8. The topological polar surface area (TPSA) is 42.4 Å². The number of anilines is 3. The van der Waals surface area contributed by atoms with E-state index in [1.165, 1.54) is 36.9 Å². The number of furan rings is 1. The van der Waals surface area contributed by atoms with E-state index in [9.17, 15) is 0 Å². The standard InChI is InChI=1S/C49H30N2O2S/c1-3-11-31(12-4-1)32-21-25-35(26-22-32)51(36-27-23-33(24-28-36)37-16-10-20-44-45(37)38-15-7-8-19-43(38)54-44)41-18-9-17-39-46-42(52-47(39)41)30-29-40-48(46)53-49(50-40)34-13-5-2-6-14-34/h1-30H. The predicted octanol–water partition coefficient (Wildman–Crippen LogP) is 14.6. The minimum atomic E-state index is 0.593. The molecule has 8 aromatic carbocycles. The second-order valence-electron chi connectivity index (χ2n) is 13.5. The molecule has 0 unspecified atom stereocenters. The Kier molecular flexibility index (Phi) is 7.00. The molecule has 3 heterocycles. The van der Waals surface area contributed by atoms with Gasteiger partial charge in [0.05, 0.1) is 11.1 Å². The van der Waals surface area contributed by atoms with Gasteiger partial charge in [-0.15, -0.1) is 11.3 Å². The summed E-state index contributed by atoms with van der Waals surface area (Å²) in [6.07, 6.45) is 0. The average Bonchev–Trinajstić information content (AvgIpc) is 3.96. The highest BCUT2D eigenvalue weighted by Crippen LogP contribution is 2.46. The zero-order chi connectivity index (χ0) is 35.6. The number of thiophene rings is 1. The molecule has 0 N–H and O–H groups in total. The monoisotopic (exact) mass is 710 g/mol. The third kappa shape index (κ3) is 4.94. The molecule has 0 radical (unpaired) electrons. The van der Waals surface area contributed by atoms with Gasteiger partial charge in [0, 0.05) is 42.5 Å². The smallest absolute Gasteiger partial charge is 0.227 e. The first-order chi connectivity index (χ1) is 26.8. The van der Waals surface area contributed by atoms with Crippen LogP contribution in [-0.2, 0) is 0 Å². The van der Waals surface area contributed by atoms with Crippen LogP contribution in [0.25, 0.3) is 86.9 Å². The maximum atomic E-state index is 6.77. The largest absolute Gasteiger partial charge is 0.454 e. The Morgan fingerprint density at radius 2 is 1.06 bits per heavy atom. The Morgan fingerprint density at radius 3 is 1.83 bits per heavy atom. The summed E-state index contributed by atoms with van der Waals surface area (Å²) in [7, 11) is 0. The zero-order valence-electron chi connectivity index (χ0n) is 28.9. The van der Waals surface area contributed by atoms with E-state index >= 15 is 0 Å². The Morgan fingerprint density at radius 1 is 0.426 bits per heavy atom. The number of fused-ring (bicyclic) bond motifs is 8. The molecule has 0 aliphatic heterocycles. The lowest BCUT2D eigenvalue weighted by atomic mass is 9.99. The number of benzene rings is 8. The van der Waals surface area contributed by atoms with E-state index in [-0.39, 0.29) is 0 Å². The molecule has 54 heavy (non-hydrogen) atoms. The van der Waals surface area contributed by atoms with Crippen molar-refractivity contribution in [2.45, 2.75) is 0 Å². The Hall–Kier alpha value is -6.95.